The summed E-state index contributed by atoms with van der Waals surface area (Å²) >= 11 is 0. The van der Waals surface area contributed by atoms with Crippen LogP contribution in [0.5, 0.6) is 11.5 Å². The van der Waals surface area contributed by atoms with Gasteiger partial charge < -0.3 is 19.5 Å². The lowest BCUT2D eigenvalue weighted by molar-refractivity contribution is -0.157. The number of rotatable bonds is 6. The minimum atomic E-state index is -1.04. The number of carbonyl (C=O) groups excluding carboxylic acids is 1. The molecule has 6 nitrogen and oxygen atoms in total. The lowest BCUT2D eigenvalue weighted by Gasteiger charge is -2.59. The van der Waals surface area contributed by atoms with Crippen molar-refractivity contribution in [2.45, 2.75) is 30.6 Å². The molecule has 3 aromatic carbocycles. The lowest BCUT2D eigenvalue weighted by atomic mass is 9.42. The van der Waals surface area contributed by atoms with Crippen LogP contribution in [-0.2, 0) is 21.4 Å². The molecule has 1 heterocycles. The van der Waals surface area contributed by atoms with Crippen molar-refractivity contribution in [1.29, 1.82) is 0 Å². The van der Waals surface area contributed by atoms with Gasteiger partial charge in [0.15, 0.2) is 0 Å². The van der Waals surface area contributed by atoms with E-state index in [-0.39, 0.29) is 30.7 Å². The molecule has 0 unspecified atom stereocenters. The summed E-state index contributed by atoms with van der Waals surface area (Å²) in [6.07, 6.45) is 1.81. The zero-order chi connectivity index (χ0) is 25.8. The molecule has 37 heavy (non-hydrogen) atoms. The number of nitrogens with zero attached hydrogens (tertiary/aromatic N) is 1. The normalized spacial score (nSPS) is 27.4. The molecule has 2 bridgehead atoms. The maximum Gasteiger partial charge on any atom is 0.312 e. The largest absolute Gasteiger partial charge is 0.497 e. The highest BCUT2D eigenvalue weighted by molar-refractivity contribution is 5.85. The van der Waals surface area contributed by atoms with Crippen molar-refractivity contribution >= 4 is 11.9 Å². The second-order valence-corrected chi connectivity index (χ2v) is 10.5. The van der Waals surface area contributed by atoms with Crippen LogP contribution >= 0.6 is 0 Å². The number of carboxylic acids is 1. The zero-order valence-corrected chi connectivity index (χ0v) is 21.1. The smallest absolute Gasteiger partial charge is 0.312 e. The van der Waals surface area contributed by atoms with E-state index in [1.165, 1.54) is 5.56 Å². The summed E-state index contributed by atoms with van der Waals surface area (Å²) < 4.78 is 10.9. The SMILES string of the molecule is COc1ccc([C@@]23CC[C@@H](c4ccccc42)[C@@]2(C(=O)O)CN(C(=O)Cc4ccccc4OC)C[C@@H]32)cc1. The predicted molar refractivity (Wildman–Crippen MR) is 139 cm³/mol. The molecule has 1 amide bonds. The van der Waals surface area contributed by atoms with Crippen molar-refractivity contribution < 1.29 is 24.2 Å². The van der Waals surface area contributed by atoms with E-state index < -0.39 is 16.8 Å². The molecule has 1 N–H and O–H groups in total. The topological polar surface area (TPSA) is 76.1 Å². The molecule has 1 saturated carbocycles. The van der Waals surface area contributed by atoms with Gasteiger partial charge in [-0.1, -0.05) is 54.6 Å². The van der Waals surface area contributed by atoms with Gasteiger partial charge in [-0.15, -0.1) is 0 Å². The number of hydrogen-bond donors (Lipinski definition) is 1. The van der Waals surface area contributed by atoms with Crippen molar-refractivity contribution in [3.05, 3.63) is 95.1 Å². The third kappa shape index (κ3) is 3.24. The molecule has 190 valence electrons. The monoisotopic (exact) mass is 497 g/mol. The van der Waals surface area contributed by atoms with Gasteiger partial charge in [0.05, 0.1) is 26.1 Å². The standard InChI is InChI=1S/C31H31NO5/c1-36-22-13-11-21(12-14-22)30-16-15-25(23-8-4-5-9-24(23)30)31(29(34)35)19-32(18-27(30)31)28(33)17-20-7-3-6-10-26(20)37-2/h3-14,25,27H,15-19H2,1-2H3,(H,34,35)/t25-,27-,30-,31-/m0/s1. The third-order valence-electron chi connectivity index (χ3n) is 9.23. The Morgan fingerprint density at radius 2 is 1.70 bits per heavy atom. The van der Waals surface area contributed by atoms with Crippen LogP contribution in [0.4, 0.5) is 0 Å². The van der Waals surface area contributed by atoms with Gasteiger partial charge in [-0.3, -0.25) is 9.59 Å². The van der Waals surface area contributed by atoms with Crippen molar-refractivity contribution in [2.24, 2.45) is 11.3 Å². The number of ether oxygens (including phenoxy) is 2. The van der Waals surface area contributed by atoms with Gasteiger partial charge in [0, 0.05) is 35.9 Å². The molecular formula is C31H31NO5. The summed E-state index contributed by atoms with van der Waals surface area (Å²) in [5, 5.41) is 10.9. The summed E-state index contributed by atoms with van der Waals surface area (Å²) in [5.74, 6) is 0.205. The fourth-order valence-corrected chi connectivity index (χ4v) is 7.66. The van der Waals surface area contributed by atoms with Crippen molar-refractivity contribution in [3.8, 4) is 11.5 Å². The maximum atomic E-state index is 13.7. The summed E-state index contributed by atoms with van der Waals surface area (Å²) in [6.45, 7) is 0.634. The summed E-state index contributed by atoms with van der Waals surface area (Å²) in [6, 6.07) is 23.9. The van der Waals surface area contributed by atoms with E-state index in [1.807, 2.05) is 48.5 Å². The first-order chi connectivity index (χ1) is 18.0. The molecular weight excluding hydrogens is 466 g/mol. The molecule has 3 aromatic rings. The Labute approximate surface area is 216 Å². The Hall–Kier alpha value is -3.80. The minimum Gasteiger partial charge on any atom is -0.497 e. The van der Waals surface area contributed by atoms with Gasteiger partial charge in [-0.05, 0) is 47.7 Å². The van der Waals surface area contributed by atoms with Crippen LogP contribution in [0.25, 0.3) is 0 Å². The maximum absolute atomic E-state index is 13.7. The Bertz CT molecular complexity index is 1370. The van der Waals surface area contributed by atoms with E-state index in [0.29, 0.717) is 12.3 Å². The number of benzene rings is 3. The number of amides is 1. The summed E-state index contributed by atoms with van der Waals surface area (Å²) in [4.78, 5) is 28.8. The molecule has 1 saturated heterocycles. The Balaban J connectivity index is 1.46. The average Bonchev–Trinajstić information content (AvgIpc) is 3.38. The van der Waals surface area contributed by atoms with E-state index in [1.54, 1.807) is 19.1 Å². The number of carboxylic acid groups (broad SMARTS) is 1. The van der Waals surface area contributed by atoms with Crippen LogP contribution in [0, 0.1) is 11.3 Å². The summed E-state index contributed by atoms with van der Waals surface area (Å²) in [5.41, 5.74) is 2.69. The second-order valence-electron chi connectivity index (χ2n) is 10.5. The molecule has 0 spiro atoms. The Morgan fingerprint density at radius 3 is 2.43 bits per heavy atom. The van der Waals surface area contributed by atoms with Gasteiger partial charge in [-0.25, -0.2) is 0 Å². The van der Waals surface area contributed by atoms with Crippen molar-refractivity contribution in [2.75, 3.05) is 27.3 Å². The van der Waals surface area contributed by atoms with Crippen LogP contribution in [-0.4, -0.2) is 49.2 Å². The highest BCUT2D eigenvalue weighted by Gasteiger charge is 2.70. The molecule has 3 aliphatic carbocycles. The number of hydrogen-bond acceptors (Lipinski definition) is 4. The Kier molecular flexibility index (Phi) is 5.51. The second kappa shape index (κ2) is 8.65. The number of methoxy groups -OCH3 is 2. The lowest BCUT2D eigenvalue weighted by Crippen LogP contribution is -2.60. The van der Waals surface area contributed by atoms with Gasteiger partial charge >= 0.3 is 5.97 Å². The number of carbonyl (C=O) groups is 2. The molecule has 0 radical (unpaired) electrons. The molecule has 2 fully saturated rings. The van der Waals surface area contributed by atoms with E-state index in [4.69, 9.17) is 9.47 Å². The predicted octanol–water partition coefficient (Wildman–Crippen LogP) is 4.65. The highest BCUT2D eigenvalue weighted by atomic mass is 16.5. The van der Waals surface area contributed by atoms with Crippen LogP contribution in [0.15, 0.2) is 72.8 Å². The van der Waals surface area contributed by atoms with E-state index >= 15 is 0 Å². The van der Waals surface area contributed by atoms with E-state index in [9.17, 15) is 14.7 Å². The fourth-order valence-electron chi connectivity index (χ4n) is 7.66. The first-order valence-corrected chi connectivity index (χ1v) is 12.8. The van der Waals surface area contributed by atoms with Crippen LogP contribution in [0.2, 0.25) is 0 Å². The number of likely N-dealkylation sites (tertiary alicyclic amines) is 1. The van der Waals surface area contributed by atoms with E-state index in [0.717, 1.165) is 35.3 Å². The fraction of sp³-hybridized carbons (Fsp3) is 0.355. The minimum absolute atomic E-state index is 0.0622. The van der Waals surface area contributed by atoms with Gasteiger partial charge in [0.2, 0.25) is 5.91 Å². The summed E-state index contributed by atoms with van der Waals surface area (Å²) in [7, 11) is 3.24. The third-order valence-corrected chi connectivity index (χ3v) is 9.23. The van der Waals surface area contributed by atoms with Gasteiger partial charge in [0.25, 0.3) is 0 Å². The Morgan fingerprint density at radius 1 is 0.973 bits per heavy atom. The average molecular weight is 498 g/mol. The molecule has 1 aliphatic heterocycles. The number of fused-ring (bicyclic) bond motifs is 1. The zero-order valence-electron chi connectivity index (χ0n) is 21.1. The van der Waals surface area contributed by atoms with Crippen molar-refractivity contribution in [1.82, 2.24) is 4.90 Å². The van der Waals surface area contributed by atoms with Crippen molar-refractivity contribution in [3.63, 3.8) is 0 Å². The molecule has 7 rings (SSSR count). The van der Waals surface area contributed by atoms with Crippen LogP contribution in [0.3, 0.4) is 0 Å². The number of aliphatic carboxylic acids is 1. The first kappa shape index (κ1) is 23.6. The highest BCUT2D eigenvalue weighted by Crippen LogP contribution is 2.69. The van der Waals surface area contributed by atoms with Crippen LogP contribution < -0.4 is 9.47 Å². The van der Waals surface area contributed by atoms with E-state index in [2.05, 4.69) is 24.3 Å². The molecule has 4 atom stereocenters. The number of para-hydroxylation sites is 1. The molecule has 0 aromatic heterocycles. The van der Waals surface area contributed by atoms with Crippen LogP contribution in [0.1, 0.15) is 41.0 Å². The quantitative estimate of drug-likeness (QED) is 0.537. The van der Waals surface area contributed by atoms with Gasteiger partial charge in [-0.2, -0.15) is 0 Å². The molecule has 4 aliphatic rings. The first-order valence-electron chi connectivity index (χ1n) is 12.8. The molecule has 6 heteroatoms. The van der Waals surface area contributed by atoms with Gasteiger partial charge in [0.1, 0.15) is 11.5 Å².